The van der Waals surface area contributed by atoms with Gasteiger partial charge >= 0.3 is 0 Å². The molecule has 0 bridgehead atoms. The van der Waals surface area contributed by atoms with Crippen LogP contribution in [0.15, 0.2) is 30.3 Å². The monoisotopic (exact) mass is 229 g/mol. The zero-order valence-corrected chi connectivity index (χ0v) is 8.07. The van der Waals surface area contributed by atoms with Gasteiger partial charge in [0.15, 0.2) is 5.01 Å². The molecule has 0 spiro atoms. The van der Waals surface area contributed by atoms with Crippen molar-refractivity contribution >= 4 is 15.9 Å². The predicted octanol–water partition coefficient (Wildman–Crippen LogP) is 1.98. The van der Waals surface area contributed by atoms with Crippen LogP contribution in [0, 0.1) is 6.92 Å². The standard InChI is InChI=1S/C9H10BrO2/c1-7(11)9(10)12-8-5-3-2-4-6-8/h2-7,9,11H,1H2. The fourth-order valence-corrected chi connectivity index (χ4v) is 0.923. The molecule has 1 aromatic carbocycles. The van der Waals surface area contributed by atoms with Gasteiger partial charge in [0.2, 0.25) is 0 Å². The number of hydrogen-bond donors (Lipinski definition) is 1. The Bertz CT molecular complexity index is 223. The molecule has 3 heteroatoms. The van der Waals surface area contributed by atoms with Gasteiger partial charge in [0.25, 0.3) is 0 Å². The minimum atomic E-state index is -0.773. The summed E-state index contributed by atoms with van der Waals surface area (Å²) in [5.41, 5.74) is 0. The van der Waals surface area contributed by atoms with Gasteiger partial charge in [-0.1, -0.05) is 18.2 Å². The maximum absolute atomic E-state index is 9.00. The highest BCUT2D eigenvalue weighted by Gasteiger charge is 2.11. The summed E-state index contributed by atoms with van der Waals surface area (Å²) in [5, 5.41) is 8.54. The van der Waals surface area contributed by atoms with Crippen LogP contribution in [0.1, 0.15) is 0 Å². The Kier molecular flexibility index (Phi) is 3.56. The molecule has 65 valence electrons. The van der Waals surface area contributed by atoms with Gasteiger partial charge in [0, 0.05) is 0 Å². The van der Waals surface area contributed by atoms with E-state index in [2.05, 4.69) is 22.9 Å². The molecule has 0 heterocycles. The Morgan fingerprint density at radius 1 is 1.33 bits per heavy atom. The number of ether oxygens (including phenoxy) is 1. The summed E-state index contributed by atoms with van der Waals surface area (Å²) < 4.78 is 5.28. The molecule has 0 saturated carbocycles. The van der Waals surface area contributed by atoms with Crippen molar-refractivity contribution in [2.75, 3.05) is 0 Å². The van der Waals surface area contributed by atoms with Crippen molar-refractivity contribution in [1.29, 1.82) is 0 Å². The van der Waals surface area contributed by atoms with Gasteiger partial charge in [-0.2, -0.15) is 0 Å². The van der Waals surface area contributed by atoms with Gasteiger partial charge in [-0.3, -0.25) is 0 Å². The van der Waals surface area contributed by atoms with Crippen LogP contribution in [0.25, 0.3) is 0 Å². The quantitative estimate of drug-likeness (QED) is 0.804. The molecule has 1 radical (unpaired) electrons. The molecule has 0 saturated heterocycles. The molecule has 0 fully saturated rings. The van der Waals surface area contributed by atoms with Crippen LogP contribution in [0.2, 0.25) is 0 Å². The third kappa shape index (κ3) is 2.83. The molecule has 1 aromatic rings. The number of para-hydroxylation sites is 1. The van der Waals surface area contributed by atoms with Crippen molar-refractivity contribution in [3.8, 4) is 5.75 Å². The van der Waals surface area contributed by atoms with Gasteiger partial charge in [-0.25, -0.2) is 0 Å². The fourth-order valence-electron chi connectivity index (χ4n) is 0.708. The SMILES string of the molecule is [CH2]C(O)C(Br)Oc1ccccc1. The summed E-state index contributed by atoms with van der Waals surface area (Å²) >= 11 is 3.14. The Morgan fingerprint density at radius 2 is 1.92 bits per heavy atom. The van der Waals surface area contributed by atoms with Crippen molar-refractivity contribution in [3.05, 3.63) is 37.3 Å². The molecule has 1 N–H and O–H groups in total. The van der Waals surface area contributed by atoms with Crippen LogP contribution in [-0.4, -0.2) is 16.2 Å². The van der Waals surface area contributed by atoms with E-state index in [4.69, 9.17) is 9.84 Å². The highest BCUT2D eigenvalue weighted by Crippen LogP contribution is 2.15. The van der Waals surface area contributed by atoms with Gasteiger partial charge in [-0.15, -0.1) is 0 Å². The smallest absolute Gasteiger partial charge is 0.178 e. The molecule has 1 rings (SSSR count). The number of alkyl halides is 1. The topological polar surface area (TPSA) is 29.5 Å². The van der Waals surface area contributed by atoms with Crippen molar-refractivity contribution in [1.82, 2.24) is 0 Å². The molecule has 0 aromatic heterocycles. The average molecular weight is 230 g/mol. The first-order chi connectivity index (χ1) is 5.70. The highest BCUT2D eigenvalue weighted by atomic mass is 79.9. The van der Waals surface area contributed by atoms with Gasteiger partial charge in [0.05, 0.1) is 0 Å². The summed E-state index contributed by atoms with van der Waals surface area (Å²) in [6, 6.07) is 9.26. The van der Waals surface area contributed by atoms with E-state index >= 15 is 0 Å². The van der Waals surface area contributed by atoms with Crippen LogP contribution in [0.4, 0.5) is 0 Å². The molecule has 0 aliphatic carbocycles. The second kappa shape index (κ2) is 4.48. The van der Waals surface area contributed by atoms with E-state index in [1.54, 1.807) is 0 Å². The third-order valence-corrected chi connectivity index (χ3v) is 2.09. The lowest BCUT2D eigenvalue weighted by molar-refractivity contribution is 0.125. The van der Waals surface area contributed by atoms with Crippen LogP contribution >= 0.6 is 15.9 Å². The lowest BCUT2D eigenvalue weighted by Crippen LogP contribution is -2.22. The second-order valence-electron chi connectivity index (χ2n) is 2.35. The Morgan fingerprint density at radius 3 is 2.42 bits per heavy atom. The lowest BCUT2D eigenvalue weighted by atomic mass is 10.3. The summed E-state index contributed by atoms with van der Waals surface area (Å²) in [4.78, 5) is 0. The van der Waals surface area contributed by atoms with Crippen molar-refractivity contribution < 1.29 is 9.84 Å². The van der Waals surface area contributed by atoms with Gasteiger partial charge < -0.3 is 9.84 Å². The number of aliphatic hydroxyl groups is 1. The van der Waals surface area contributed by atoms with E-state index in [1.165, 1.54) is 0 Å². The van der Waals surface area contributed by atoms with Crippen LogP contribution in [0.5, 0.6) is 5.75 Å². The Hall–Kier alpha value is -0.540. The second-order valence-corrected chi connectivity index (χ2v) is 3.25. The molecule has 2 atom stereocenters. The Labute approximate surface area is 80.3 Å². The summed E-state index contributed by atoms with van der Waals surface area (Å²) in [6.45, 7) is 3.42. The molecule has 0 amide bonds. The number of aliphatic hydroxyl groups excluding tert-OH is 1. The molecule has 12 heavy (non-hydrogen) atoms. The average Bonchev–Trinajstić information content (AvgIpc) is 2.06. The minimum absolute atomic E-state index is 0.458. The number of rotatable bonds is 3. The van der Waals surface area contributed by atoms with E-state index < -0.39 is 11.1 Å². The molecule has 2 unspecified atom stereocenters. The zero-order valence-electron chi connectivity index (χ0n) is 6.48. The summed E-state index contributed by atoms with van der Waals surface area (Å²) in [5.74, 6) is 0.710. The van der Waals surface area contributed by atoms with E-state index in [9.17, 15) is 0 Å². The van der Waals surface area contributed by atoms with Crippen molar-refractivity contribution in [2.24, 2.45) is 0 Å². The van der Waals surface area contributed by atoms with Crippen LogP contribution in [0.3, 0.4) is 0 Å². The van der Waals surface area contributed by atoms with Crippen molar-refractivity contribution in [3.63, 3.8) is 0 Å². The Balaban J connectivity index is 2.53. The summed E-state index contributed by atoms with van der Waals surface area (Å²) in [7, 11) is 0. The first-order valence-electron chi connectivity index (χ1n) is 3.57. The molecule has 0 aliphatic heterocycles. The highest BCUT2D eigenvalue weighted by molar-refractivity contribution is 9.09. The molecular formula is C9H10BrO2. The molecule has 2 nitrogen and oxygen atoms in total. The first kappa shape index (κ1) is 9.55. The number of hydrogen-bond acceptors (Lipinski definition) is 2. The van der Waals surface area contributed by atoms with E-state index in [0.29, 0.717) is 5.75 Å². The molecular weight excluding hydrogens is 220 g/mol. The summed E-state index contributed by atoms with van der Waals surface area (Å²) in [6.07, 6.45) is -0.773. The lowest BCUT2D eigenvalue weighted by Gasteiger charge is -2.14. The normalized spacial score (nSPS) is 15.2. The largest absolute Gasteiger partial charge is 0.477 e. The van der Waals surface area contributed by atoms with E-state index in [1.807, 2.05) is 30.3 Å². The molecule has 0 aliphatic rings. The van der Waals surface area contributed by atoms with Crippen LogP contribution in [-0.2, 0) is 0 Å². The number of halogens is 1. The van der Waals surface area contributed by atoms with E-state index in [0.717, 1.165) is 0 Å². The number of benzene rings is 1. The van der Waals surface area contributed by atoms with Gasteiger partial charge in [0.1, 0.15) is 11.9 Å². The van der Waals surface area contributed by atoms with Crippen LogP contribution < -0.4 is 4.74 Å². The third-order valence-electron chi connectivity index (χ3n) is 1.29. The fraction of sp³-hybridized carbons (Fsp3) is 0.222. The maximum Gasteiger partial charge on any atom is 0.178 e. The zero-order chi connectivity index (χ0) is 8.97. The minimum Gasteiger partial charge on any atom is -0.477 e. The van der Waals surface area contributed by atoms with Gasteiger partial charge in [-0.05, 0) is 35.0 Å². The predicted molar refractivity (Wildman–Crippen MR) is 51.1 cm³/mol. The first-order valence-corrected chi connectivity index (χ1v) is 4.48. The maximum atomic E-state index is 9.00. The van der Waals surface area contributed by atoms with E-state index in [-0.39, 0.29) is 0 Å². The van der Waals surface area contributed by atoms with Crippen molar-refractivity contribution in [2.45, 2.75) is 11.1 Å².